The lowest BCUT2D eigenvalue weighted by Gasteiger charge is -2.26. The molecule has 0 saturated carbocycles. The number of rotatable bonds is 61. The van der Waals surface area contributed by atoms with E-state index in [0.717, 1.165) is 102 Å². The molecule has 0 fully saturated rings. The minimum atomic E-state index is -1.34. The molecule has 2 aromatic heterocycles. The molecule has 21 heteroatoms. The van der Waals surface area contributed by atoms with Crippen LogP contribution in [-0.2, 0) is 44.8 Å². The van der Waals surface area contributed by atoms with Crippen LogP contribution < -0.4 is 43.0 Å². The number of hydrogen-bond donors (Lipinski definition) is 7. The number of ether oxygens (including phenoxy) is 2. The highest BCUT2D eigenvalue weighted by Gasteiger charge is 2.32. The van der Waals surface area contributed by atoms with Crippen molar-refractivity contribution in [2.45, 2.75) is 360 Å². The van der Waals surface area contributed by atoms with Crippen molar-refractivity contribution in [2.75, 3.05) is 37.6 Å². The smallest absolute Gasteiger partial charge is 0.328 e. The number of amides is 5. The van der Waals surface area contributed by atoms with Gasteiger partial charge in [-0.2, -0.15) is 9.97 Å². The molecule has 3 rings (SSSR count). The number of unbranched alkanes of at least 4 members (excludes halogenated alkanes) is 36. The molecule has 2 heterocycles. The zero-order chi connectivity index (χ0) is 72.1. The summed E-state index contributed by atoms with van der Waals surface area (Å²) in [6, 6.07) is 1.49. The van der Waals surface area contributed by atoms with Crippen molar-refractivity contribution in [2.24, 2.45) is 0 Å². The van der Waals surface area contributed by atoms with Gasteiger partial charge in [0.05, 0.1) is 32.7 Å². The van der Waals surface area contributed by atoms with E-state index in [1.165, 1.54) is 155 Å². The predicted molar refractivity (Wildman–Crippen MR) is 401 cm³/mol. The minimum Gasteiger partial charge on any atom is -0.467 e. The number of nitrogens with one attached hydrogen (secondary N) is 5. The van der Waals surface area contributed by atoms with E-state index in [4.69, 9.17) is 20.9 Å². The van der Waals surface area contributed by atoms with Gasteiger partial charge in [-0.1, -0.05) is 285 Å². The normalized spacial score (nSPS) is 12.8. The van der Waals surface area contributed by atoms with Crippen LogP contribution in [0.5, 0.6) is 0 Å². The third kappa shape index (κ3) is 38.6. The van der Waals surface area contributed by atoms with Crippen LogP contribution in [0, 0.1) is 0 Å². The lowest BCUT2D eigenvalue weighted by Crippen LogP contribution is -2.56. The number of nitrogens with two attached hydrogens (primary N) is 2. The molecule has 5 atom stereocenters. The first-order chi connectivity index (χ1) is 48.1. The van der Waals surface area contributed by atoms with Gasteiger partial charge in [0, 0.05) is 24.7 Å². The molecule has 0 spiro atoms. The molecule has 99 heavy (non-hydrogen) atoms. The van der Waals surface area contributed by atoms with Gasteiger partial charge in [0.15, 0.2) is 17.0 Å². The zero-order valence-electron chi connectivity index (χ0n) is 62.6. The highest BCUT2D eigenvalue weighted by Crippen LogP contribution is 2.22. The summed E-state index contributed by atoms with van der Waals surface area (Å²) in [6.07, 6.45) is 46.2. The van der Waals surface area contributed by atoms with Crippen LogP contribution in [0.15, 0.2) is 30.5 Å². The van der Waals surface area contributed by atoms with E-state index in [-0.39, 0.29) is 42.2 Å². The SMILES string of the molecule is CCCCCCCCCCCCC(NC(=O)CCC(NC(=O)c1ccc(N(C)Cc2cnc3nc(N)nc(N)c3n2)cc1)C(=O)NC(CCCCCCCCCCCC)C(=O)NC(CCCCCCCCCCCC)C(=O)OC)C(=O)NC(CCCCCCCCCCCC)C(=O)OC. The molecular formula is C78H134N12O9. The quantitative estimate of drug-likeness (QED) is 0.0204. The van der Waals surface area contributed by atoms with Crippen molar-refractivity contribution >= 4 is 70.1 Å². The van der Waals surface area contributed by atoms with E-state index >= 15 is 0 Å². The molecular weight excluding hydrogens is 1250 g/mol. The first-order valence-corrected chi connectivity index (χ1v) is 39.1. The van der Waals surface area contributed by atoms with Gasteiger partial charge in [-0.15, -0.1) is 0 Å². The van der Waals surface area contributed by atoms with Crippen molar-refractivity contribution in [1.29, 1.82) is 0 Å². The van der Waals surface area contributed by atoms with Crippen LogP contribution in [0.25, 0.3) is 11.2 Å². The molecule has 0 aliphatic carbocycles. The number of aromatic nitrogens is 4. The summed E-state index contributed by atoms with van der Waals surface area (Å²) in [6.45, 7) is 9.17. The van der Waals surface area contributed by atoms with E-state index < -0.39 is 71.7 Å². The van der Waals surface area contributed by atoms with Crippen LogP contribution in [0.3, 0.4) is 0 Å². The van der Waals surface area contributed by atoms with Crippen molar-refractivity contribution in [3.05, 3.63) is 41.7 Å². The van der Waals surface area contributed by atoms with Gasteiger partial charge in [0.1, 0.15) is 30.2 Å². The first-order valence-electron chi connectivity index (χ1n) is 39.1. The molecule has 560 valence electrons. The van der Waals surface area contributed by atoms with Crippen LogP contribution in [0.4, 0.5) is 17.5 Å². The fraction of sp³-hybridized carbons (Fsp3) is 0.756. The topological polar surface area (TPSA) is 305 Å². The Kier molecular flexibility index (Phi) is 48.1. The number of carbonyl (C=O) groups is 7. The van der Waals surface area contributed by atoms with Gasteiger partial charge in [0.2, 0.25) is 29.6 Å². The number of benzene rings is 1. The average molecular weight is 1380 g/mol. The molecule has 0 saturated heterocycles. The number of hydrogen-bond acceptors (Lipinski definition) is 16. The van der Waals surface area contributed by atoms with Gasteiger partial charge >= 0.3 is 11.9 Å². The van der Waals surface area contributed by atoms with Crippen LogP contribution >= 0.6 is 0 Å². The fourth-order valence-electron chi connectivity index (χ4n) is 12.8. The van der Waals surface area contributed by atoms with Gasteiger partial charge in [-0.3, -0.25) is 24.0 Å². The van der Waals surface area contributed by atoms with E-state index in [1.807, 2.05) is 11.9 Å². The second kappa shape index (κ2) is 55.1. The van der Waals surface area contributed by atoms with Gasteiger partial charge in [0.25, 0.3) is 5.91 Å². The molecule has 9 N–H and O–H groups in total. The number of methoxy groups -OCH3 is 2. The van der Waals surface area contributed by atoms with E-state index in [9.17, 15) is 33.6 Å². The summed E-state index contributed by atoms with van der Waals surface area (Å²) in [4.78, 5) is 118. The Morgan fingerprint density at radius 3 is 1.12 bits per heavy atom. The number of esters is 2. The maximum absolute atomic E-state index is 15.0. The summed E-state index contributed by atoms with van der Waals surface area (Å²) in [5, 5.41) is 14.7. The summed E-state index contributed by atoms with van der Waals surface area (Å²) in [5.41, 5.74) is 14.0. The average Bonchev–Trinajstić information content (AvgIpc) is 0.814. The standard InChI is InChI=1S/C78H134N12O9/c1-8-12-16-20-24-28-32-36-40-44-48-63(73(93)86-66(76(96)98-6)50-46-42-38-34-30-26-22-18-14-10-3)83-68(91)57-56-65(84-72(92)60-52-54-62(55-53-60)90(5)59-61-58-81-71-69(82-61)70(79)88-78(80)89-71)75(95)85-64(49-45-41-37-33-29-25-21-17-13-9-2)74(94)87-67(77(97)99-7)51-47-43-39-35-31-27-23-19-15-11-4/h52-55,58,63-67H,8-51,56-57,59H2,1-7H3,(H,83,91)(H,84,92)(H,85,95)(H,86,93)(H,87,94)(H4,79,80,81,88,89). The molecule has 0 aliphatic rings. The van der Waals surface area contributed by atoms with Gasteiger partial charge < -0.3 is 52.4 Å². The van der Waals surface area contributed by atoms with Crippen LogP contribution in [0.2, 0.25) is 0 Å². The van der Waals surface area contributed by atoms with Crippen molar-refractivity contribution in [3.63, 3.8) is 0 Å². The fourth-order valence-corrected chi connectivity index (χ4v) is 12.8. The Morgan fingerprint density at radius 2 is 0.747 bits per heavy atom. The lowest BCUT2D eigenvalue weighted by atomic mass is 10.0. The van der Waals surface area contributed by atoms with Crippen molar-refractivity contribution in [1.82, 2.24) is 46.5 Å². The van der Waals surface area contributed by atoms with Gasteiger partial charge in [-0.25, -0.2) is 19.6 Å². The highest BCUT2D eigenvalue weighted by molar-refractivity contribution is 5.99. The maximum Gasteiger partial charge on any atom is 0.328 e. The summed E-state index contributed by atoms with van der Waals surface area (Å²) in [7, 11) is 4.46. The van der Waals surface area contributed by atoms with E-state index in [0.29, 0.717) is 56.3 Å². The Balaban J connectivity index is 1.93. The first kappa shape index (κ1) is 86.6. The maximum atomic E-state index is 15.0. The van der Waals surface area contributed by atoms with Crippen molar-refractivity contribution in [3.8, 4) is 0 Å². The summed E-state index contributed by atoms with van der Waals surface area (Å²) < 4.78 is 10.4. The number of fused-ring (bicyclic) bond motifs is 1. The predicted octanol–water partition coefficient (Wildman–Crippen LogP) is 15.6. The second-order valence-electron chi connectivity index (χ2n) is 27.7. The Morgan fingerprint density at radius 1 is 0.414 bits per heavy atom. The third-order valence-electron chi connectivity index (χ3n) is 19.0. The minimum absolute atomic E-state index is 0.00563. The number of carbonyl (C=O) groups excluding carboxylic acids is 7. The molecule has 0 radical (unpaired) electrons. The van der Waals surface area contributed by atoms with E-state index in [1.54, 1.807) is 30.5 Å². The molecule has 21 nitrogen and oxygen atoms in total. The Labute approximate surface area is 596 Å². The van der Waals surface area contributed by atoms with E-state index in [2.05, 4.69) is 74.2 Å². The molecule has 0 aliphatic heterocycles. The van der Waals surface area contributed by atoms with Gasteiger partial charge in [-0.05, 0) is 56.4 Å². The number of anilines is 3. The number of nitrogen functional groups attached to an aromatic ring is 2. The molecule has 3 aromatic rings. The largest absolute Gasteiger partial charge is 0.467 e. The Hall–Kier alpha value is -6.67. The third-order valence-corrected chi connectivity index (χ3v) is 19.0. The van der Waals surface area contributed by atoms with Crippen LogP contribution in [-0.4, -0.2) is 113 Å². The molecule has 5 amide bonds. The highest BCUT2D eigenvalue weighted by atomic mass is 16.5. The molecule has 1 aromatic carbocycles. The lowest BCUT2D eigenvalue weighted by molar-refractivity contribution is -0.146. The van der Waals surface area contributed by atoms with Crippen molar-refractivity contribution < 1.29 is 43.0 Å². The Bertz CT molecular complexity index is 2700. The summed E-state index contributed by atoms with van der Waals surface area (Å²) >= 11 is 0. The molecule has 5 unspecified atom stereocenters. The second-order valence-corrected chi connectivity index (χ2v) is 27.7. The van der Waals surface area contributed by atoms with Crippen LogP contribution in [0.1, 0.15) is 339 Å². The summed E-state index contributed by atoms with van der Waals surface area (Å²) in [5.74, 6) is -3.88. The molecule has 0 bridgehead atoms. The number of nitrogens with zero attached hydrogens (tertiary/aromatic N) is 5. The monoisotopic (exact) mass is 1380 g/mol. The zero-order valence-corrected chi connectivity index (χ0v) is 62.6.